The number of anilines is 1. The zero-order chi connectivity index (χ0) is 25.1. The van der Waals surface area contributed by atoms with Crippen molar-refractivity contribution in [1.82, 2.24) is 20.1 Å². The second-order valence-corrected chi connectivity index (χ2v) is 10.6. The van der Waals surface area contributed by atoms with Crippen LogP contribution in [0.5, 0.6) is 0 Å². The lowest BCUT2D eigenvalue weighted by Crippen LogP contribution is -2.45. The maximum Gasteiger partial charge on any atom is 0.326 e. The Hall–Kier alpha value is -2.94. The number of aromatic nitrogens is 3. The van der Waals surface area contributed by atoms with Crippen LogP contribution in [0.1, 0.15) is 61.0 Å². The molecule has 194 valence electrons. The van der Waals surface area contributed by atoms with Gasteiger partial charge in [-0.1, -0.05) is 6.07 Å². The molecule has 36 heavy (non-hydrogen) atoms. The molecule has 0 radical (unpaired) electrons. The van der Waals surface area contributed by atoms with Crippen molar-refractivity contribution < 1.29 is 19.4 Å². The summed E-state index contributed by atoms with van der Waals surface area (Å²) in [6, 6.07) is 3.44. The Morgan fingerprint density at radius 1 is 1.28 bits per heavy atom. The first-order chi connectivity index (χ1) is 17.5. The highest BCUT2D eigenvalue weighted by molar-refractivity contribution is 5.85. The van der Waals surface area contributed by atoms with Gasteiger partial charge in [-0.25, -0.2) is 9.78 Å². The van der Waals surface area contributed by atoms with E-state index in [0.717, 1.165) is 62.3 Å². The van der Waals surface area contributed by atoms with Crippen molar-refractivity contribution in [2.24, 2.45) is 18.9 Å². The molecule has 5 rings (SSSR count). The summed E-state index contributed by atoms with van der Waals surface area (Å²) < 4.78 is 7.75. The molecule has 9 nitrogen and oxygen atoms in total. The van der Waals surface area contributed by atoms with Crippen LogP contribution < -0.4 is 10.6 Å². The number of amides is 1. The lowest BCUT2D eigenvalue weighted by molar-refractivity contribution is -0.143. The number of carboxylic acid groups (broad SMARTS) is 1. The summed E-state index contributed by atoms with van der Waals surface area (Å²) in [6.07, 6.45) is 10.8. The van der Waals surface area contributed by atoms with Crippen LogP contribution in [0, 0.1) is 11.8 Å². The molecule has 0 unspecified atom stereocenters. The number of nitrogens with zero attached hydrogens (tertiary/aromatic N) is 3. The van der Waals surface area contributed by atoms with Crippen molar-refractivity contribution in [3.63, 3.8) is 0 Å². The molecular formula is C27H37N5O4. The van der Waals surface area contributed by atoms with Crippen molar-refractivity contribution >= 4 is 17.7 Å². The summed E-state index contributed by atoms with van der Waals surface area (Å²) >= 11 is 0. The molecule has 1 aliphatic heterocycles. The van der Waals surface area contributed by atoms with E-state index in [0.29, 0.717) is 25.4 Å². The number of hydrogen-bond donors (Lipinski definition) is 3. The lowest BCUT2D eigenvalue weighted by Gasteiger charge is -2.35. The maximum absolute atomic E-state index is 12.8. The molecule has 0 spiro atoms. The van der Waals surface area contributed by atoms with E-state index in [2.05, 4.69) is 27.9 Å². The molecule has 2 aromatic rings. The molecule has 0 bridgehead atoms. The van der Waals surface area contributed by atoms with E-state index in [1.807, 2.05) is 17.9 Å². The third-order valence-corrected chi connectivity index (χ3v) is 8.05. The minimum Gasteiger partial charge on any atom is -0.480 e. The fourth-order valence-corrected chi connectivity index (χ4v) is 5.68. The van der Waals surface area contributed by atoms with E-state index in [1.165, 1.54) is 17.5 Å². The highest BCUT2D eigenvalue weighted by atomic mass is 16.5. The van der Waals surface area contributed by atoms with Gasteiger partial charge in [-0.15, -0.1) is 0 Å². The molecule has 0 aromatic carbocycles. The molecule has 2 atom stereocenters. The summed E-state index contributed by atoms with van der Waals surface area (Å²) in [5, 5.41) is 20.0. The van der Waals surface area contributed by atoms with E-state index >= 15 is 0 Å². The predicted octanol–water partition coefficient (Wildman–Crippen LogP) is 2.67. The molecule has 1 fully saturated rings. The van der Waals surface area contributed by atoms with Gasteiger partial charge in [-0.3, -0.25) is 9.48 Å². The third-order valence-electron chi connectivity index (χ3n) is 8.05. The number of pyridine rings is 1. The zero-order valence-electron chi connectivity index (χ0n) is 21.0. The second-order valence-electron chi connectivity index (χ2n) is 10.6. The number of hydrogen-bond acceptors (Lipinski definition) is 6. The quantitative estimate of drug-likeness (QED) is 0.464. The van der Waals surface area contributed by atoms with Gasteiger partial charge in [0.1, 0.15) is 11.9 Å². The topological polar surface area (TPSA) is 118 Å². The first-order valence-electron chi connectivity index (χ1n) is 13.3. The Morgan fingerprint density at radius 3 is 2.97 bits per heavy atom. The standard InChI is InChI=1S/C27H37N5O4/c1-32-24-15-19(5-6-20(24)16-29-32)26(33)31-23(27(34)35)10-12-36-22-13-17(14-22)4-8-21-9-7-18-3-2-11-28-25(18)30-21/h7,9,16-17,19,22-23H,2-6,8,10-15H2,1H3,(H,28,30)(H,31,33)(H,34,35)/t17-,19-,22-,23-/m0/s1. The fraction of sp³-hybridized carbons (Fsp3) is 0.630. The van der Waals surface area contributed by atoms with Crippen LogP contribution in [0.4, 0.5) is 5.82 Å². The number of aliphatic carboxylic acids is 1. The molecule has 9 heteroatoms. The Bertz CT molecular complexity index is 1090. The van der Waals surface area contributed by atoms with E-state index in [-0.39, 0.29) is 24.3 Å². The minimum atomic E-state index is -1.01. The maximum atomic E-state index is 12.8. The van der Waals surface area contributed by atoms with Crippen LogP contribution in [0.2, 0.25) is 0 Å². The van der Waals surface area contributed by atoms with Gasteiger partial charge >= 0.3 is 5.97 Å². The van der Waals surface area contributed by atoms with E-state index in [1.54, 1.807) is 0 Å². The van der Waals surface area contributed by atoms with Crippen molar-refractivity contribution in [3.8, 4) is 0 Å². The first-order valence-corrected chi connectivity index (χ1v) is 13.3. The van der Waals surface area contributed by atoms with Gasteiger partial charge in [0.25, 0.3) is 0 Å². The number of rotatable bonds is 10. The Morgan fingerprint density at radius 2 is 2.14 bits per heavy atom. The lowest BCUT2D eigenvalue weighted by atomic mass is 9.79. The van der Waals surface area contributed by atoms with Crippen LogP contribution in [0.15, 0.2) is 18.3 Å². The van der Waals surface area contributed by atoms with Gasteiger partial charge in [0, 0.05) is 50.3 Å². The number of carboxylic acids is 1. The highest BCUT2D eigenvalue weighted by Crippen LogP contribution is 2.34. The van der Waals surface area contributed by atoms with Crippen LogP contribution >= 0.6 is 0 Å². The van der Waals surface area contributed by atoms with Crippen LogP contribution in [-0.4, -0.2) is 57.0 Å². The zero-order valence-corrected chi connectivity index (χ0v) is 21.0. The van der Waals surface area contributed by atoms with Crippen LogP contribution in [0.3, 0.4) is 0 Å². The van der Waals surface area contributed by atoms with Gasteiger partial charge in [-0.2, -0.15) is 5.10 Å². The molecule has 2 aromatic heterocycles. The Balaban J connectivity index is 1.00. The number of fused-ring (bicyclic) bond motifs is 2. The normalized spacial score (nSPS) is 23.5. The predicted molar refractivity (Wildman–Crippen MR) is 135 cm³/mol. The average molecular weight is 496 g/mol. The van der Waals surface area contributed by atoms with Gasteiger partial charge in [0.05, 0.1) is 12.3 Å². The number of carbonyl (C=O) groups excluding carboxylic acids is 1. The molecule has 0 saturated heterocycles. The van der Waals surface area contributed by atoms with Crippen molar-refractivity contribution in [1.29, 1.82) is 0 Å². The van der Waals surface area contributed by atoms with Gasteiger partial charge in [0.2, 0.25) is 5.91 Å². The van der Waals surface area contributed by atoms with Crippen molar-refractivity contribution in [2.45, 2.75) is 76.4 Å². The monoisotopic (exact) mass is 495 g/mol. The fourth-order valence-electron chi connectivity index (χ4n) is 5.68. The van der Waals surface area contributed by atoms with Gasteiger partial charge in [-0.05, 0) is 74.5 Å². The summed E-state index contributed by atoms with van der Waals surface area (Å²) in [5.41, 5.74) is 4.71. The van der Waals surface area contributed by atoms with Crippen LogP contribution in [0.25, 0.3) is 0 Å². The second kappa shape index (κ2) is 11.0. The first kappa shape index (κ1) is 24.7. The van der Waals surface area contributed by atoms with Gasteiger partial charge < -0.3 is 20.5 Å². The number of ether oxygens (including phenoxy) is 1. The summed E-state index contributed by atoms with van der Waals surface area (Å²) in [4.78, 5) is 29.3. The largest absolute Gasteiger partial charge is 0.480 e. The number of carbonyl (C=O) groups is 2. The molecule has 1 amide bonds. The summed E-state index contributed by atoms with van der Waals surface area (Å²) in [6.45, 7) is 1.34. The van der Waals surface area contributed by atoms with E-state index < -0.39 is 12.0 Å². The molecule has 3 N–H and O–H groups in total. The van der Waals surface area contributed by atoms with Crippen molar-refractivity contribution in [3.05, 3.63) is 40.8 Å². The molecule has 2 aliphatic carbocycles. The van der Waals surface area contributed by atoms with Gasteiger partial charge in [0.15, 0.2) is 0 Å². The Labute approximate surface area is 212 Å². The highest BCUT2D eigenvalue weighted by Gasteiger charge is 2.32. The number of aryl methyl sites for hydroxylation is 4. The molecular weight excluding hydrogens is 458 g/mol. The third kappa shape index (κ3) is 5.72. The summed E-state index contributed by atoms with van der Waals surface area (Å²) in [7, 11) is 1.88. The van der Waals surface area contributed by atoms with Crippen LogP contribution in [-0.2, 0) is 47.1 Å². The SMILES string of the molecule is Cn1ncc2c1C[C@@H](C(=O)N[C@@H](CCO[C@H]1C[C@H](CCc3ccc4c(n3)NCCC4)C1)C(=O)O)CC2. The molecule has 1 saturated carbocycles. The molecule has 3 aliphatic rings. The minimum absolute atomic E-state index is 0.180. The smallest absolute Gasteiger partial charge is 0.326 e. The van der Waals surface area contributed by atoms with E-state index in [9.17, 15) is 14.7 Å². The summed E-state index contributed by atoms with van der Waals surface area (Å²) in [5.74, 6) is 0.257. The average Bonchev–Trinajstić information content (AvgIpc) is 3.23. The number of nitrogens with one attached hydrogen (secondary N) is 2. The van der Waals surface area contributed by atoms with Crippen molar-refractivity contribution in [2.75, 3.05) is 18.5 Å². The Kier molecular flexibility index (Phi) is 7.55. The van der Waals surface area contributed by atoms with E-state index in [4.69, 9.17) is 9.72 Å². The molecule has 3 heterocycles.